The molecule has 6 aromatic heterocycles. The predicted molar refractivity (Wildman–Crippen MR) is 526 cm³/mol. The first-order valence-corrected chi connectivity index (χ1v) is 48.4. The fourth-order valence-electron chi connectivity index (χ4n) is 19.4. The molecule has 1 saturated carbocycles. The van der Waals surface area contributed by atoms with Crippen LogP contribution in [0.4, 0.5) is 0 Å². The van der Waals surface area contributed by atoms with Gasteiger partial charge in [0, 0.05) is 218 Å². The average molecular weight is 1990 g/mol. The molecule has 0 bridgehead atoms. The Labute approximate surface area is 817 Å². The van der Waals surface area contributed by atoms with Crippen LogP contribution >= 0.6 is 139 Å². The van der Waals surface area contributed by atoms with E-state index in [2.05, 4.69) is 38.8 Å². The second kappa shape index (κ2) is 41.3. The monoisotopic (exact) mass is 1980 g/mol. The number of nitriles is 2. The first-order valence-electron chi connectivity index (χ1n) is 43.9. The second-order valence-electron chi connectivity index (χ2n) is 35.5. The summed E-state index contributed by atoms with van der Waals surface area (Å²) in [4.78, 5) is 80.5. The zero-order chi connectivity index (χ0) is 92.6. The molecule has 30 heteroatoms. The lowest BCUT2D eigenvalue weighted by Crippen LogP contribution is -2.43. The van der Waals surface area contributed by atoms with Gasteiger partial charge in [-0.1, -0.05) is 158 Å². The topological polar surface area (TPSA) is 201 Å². The number of carbonyl (C=O) groups is 5. The second-order valence-corrected chi connectivity index (χ2v) is 40.2. The smallest absolute Gasteiger partial charge is 0.256 e. The van der Waals surface area contributed by atoms with Crippen LogP contribution in [0.25, 0.3) is 43.6 Å². The van der Waals surface area contributed by atoms with Crippen LogP contribution in [0, 0.1) is 59.7 Å². The standard InChI is InChI=1S/C27H28Cl2N4O.C26H26Cl2N4O2.C25H24Cl4N2O2.C22H20Cl4N2O/c1-16-10-17(14-30)11-24-21(16)12-20(32(24)2)13-22-25(28)23(15-31-26(22)29)27(34)33-8-6-19(7-9-33)18-4-3-5-18;1-16-9-17(13-29)10-22-19(16)11-18(31(22)2)12-20-23(27)21(14-30-24(20)28)25(33)32-6-3-26(4-7-32)5-8-34-15-26;1-14(32)9-15-5-7-31(8-6-15)25(33)18-3-4-21(27)20(24(18)29)13-17-12-19-22(28)10-16(26)11-23(19)30(17)2;1-27-14(11-16-19(25)9-13(23)10-20(16)27)12-17-18(24)6-5-15(21(17)26)22(29)28-7-3-2-4-8-28/h10-12,15,18-19H,3-9,13H2,1-2H3;9-11,14H,3-8,12,15H2,1-2H3;3-4,10-12,15H,5-9,13H2,1-2H3;5-6,9-11H,2-4,7-8,12H2,1H3. The van der Waals surface area contributed by atoms with Gasteiger partial charge in [-0.15, -0.1) is 0 Å². The normalized spacial score (nSPS) is 16.0. The molecule has 6 fully saturated rings. The molecule has 0 atom stereocenters. The predicted octanol–water partition coefficient (Wildman–Crippen LogP) is 25.8. The molecule has 5 saturated heterocycles. The molecular formula is C100H98Cl12N12O6. The summed E-state index contributed by atoms with van der Waals surface area (Å²) in [5.74, 6) is 1.86. The number of ether oxygens (including phenoxy) is 1. The van der Waals surface area contributed by atoms with E-state index in [1.54, 1.807) is 43.3 Å². The maximum atomic E-state index is 13.4. The summed E-state index contributed by atoms with van der Waals surface area (Å²) >= 11 is 78.1. The van der Waals surface area contributed by atoms with Gasteiger partial charge in [-0.2, -0.15) is 10.5 Å². The van der Waals surface area contributed by atoms with Gasteiger partial charge in [0.2, 0.25) is 0 Å². The number of hydrogen-bond acceptors (Lipinski definition) is 10. The maximum absolute atomic E-state index is 13.4. The Morgan fingerprint density at radius 1 is 0.408 bits per heavy atom. The van der Waals surface area contributed by atoms with Gasteiger partial charge in [-0.05, 0) is 227 Å². The number of nitrogens with zero attached hydrogens (tertiary/aromatic N) is 12. The van der Waals surface area contributed by atoms with Crippen molar-refractivity contribution in [3.8, 4) is 12.1 Å². The highest BCUT2D eigenvalue weighted by Gasteiger charge is 2.41. The van der Waals surface area contributed by atoms with Gasteiger partial charge in [0.15, 0.2) is 0 Å². The number of rotatable bonds is 15. The first-order chi connectivity index (χ1) is 62.2. The van der Waals surface area contributed by atoms with Crippen LogP contribution in [0.3, 0.4) is 0 Å². The number of benzene rings is 6. The van der Waals surface area contributed by atoms with E-state index in [4.69, 9.17) is 144 Å². The van der Waals surface area contributed by atoms with Crippen molar-refractivity contribution in [2.75, 3.05) is 65.6 Å². The fraction of sp³-hybridized carbons (Fsp3) is 0.390. The summed E-state index contributed by atoms with van der Waals surface area (Å²) < 4.78 is 13.7. The van der Waals surface area contributed by atoms with Gasteiger partial charge in [0.05, 0.1) is 93.3 Å². The largest absolute Gasteiger partial charge is 0.381 e. The van der Waals surface area contributed by atoms with Crippen molar-refractivity contribution in [1.29, 1.82) is 10.5 Å². The third kappa shape index (κ3) is 20.5. The lowest BCUT2D eigenvalue weighted by atomic mass is 9.72. The van der Waals surface area contributed by atoms with Crippen molar-refractivity contribution in [3.05, 3.63) is 260 Å². The Morgan fingerprint density at radius 2 is 0.777 bits per heavy atom. The Kier molecular flexibility index (Phi) is 30.6. The van der Waals surface area contributed by atoms with Gasteiger partial charge >= 0.3 is 0 Å². The van der Waals surface area contributed by atoms with Crippen LogP contribution in [0.2, 0.25) is 60.5 Å². The molecular weight excluding hydrogens is 1890 g/mol. The fourth-order valence-corrected chi connectivity index (χ4v) is 22.7. The third-order valence-electron chi connectivity index (χ3n) is 27.4. The van der Waals surface area contributed by atoms with E-state index in [1.165, 1.54) is 31.7 Å². The van der Waals surface area contributed by atoms with Crippen molar-refractivity contribution >= 4 is 212 Å². The molecule has 5 aliphatic heterocycles. The molecule has 1 aliphatic carbocycles. The van der Waals surface area contributed by atoms with Crippen molar-refractivity contribution in [1.82, 2.24) is 47.8 Å². The number of aryl methyl sites for hydroxylation is 6. The molecule has 130 heavy (non-hydrogen) atoms. The third-order valence-corrected chi connectivity index (χ3v) is 31.6. The highest BCUT2D eigenvalue weighted by Crippen LogP contribution is 2.45. The van der Waals surface area contributed by atoms with E-state index in [1.807, 2.05) is 124 Å². The van der Waals surface area contributed by atoms with Crippen LogP contribution in [-0.4, -0.2) is 143 Å². The highest BCUT2D eigenvalue weighted by molar-refractivity contribution is 6.42. The van der Waals surface area contributed by atoms with Crippen LogP contribution in [-0.2, 0) is 63.4 Å². The molecule has 0 N–H and O–H groups in total. The number of likely N-dealkylation sites (tertiary alicyclic amines) is 4. The van der Waals surface area contributed by atoms with Gasteiger partial charge < -0.3 is 47.4 Å². The van der Waals surface area contributed by atoms with Crippen LogP contribution in [0.15, 0.2) is 109 Å². The summed E-state index contributed by atoms with van der Waals surface area (Å²) in [6.07, 6.45) is 19.4. The van der Waals surface area contributed by atoms with Crippen molar-refractivity contribution in [2.24, 2.45) is 51.4 Å². The van der Waals surface area contributed by atoms with Gasteiger partial charge in [0.25, 0.3) is 23.6 Å². The van der Waals surface area contributed by atoms with Crippen molar-refractivity contribution in [3.63, 3.8) is 0 Å². The first kappa shape index (κ1) is 96.3. The van der Waals surface area contributed by atoms with Crippen LogP contribution in [0.5, 0.6) is 0 Å². The number of hydrogen-bond donors (Lipinski definition) is 0. The molecule has 0 unspecified atom stereocenters. The minimum absolute atomic E-state index is 0.0283. The number of carbonyl (C=O) groups excluding carboxylic acids is 5. The van der Waals surface area contributed by atoms with Crippen LogP contribution in [0.1, 0.15) is 206 Å². The van der Waals surface area contributed by atoms with Crippen molar-refractivity contribution in [2.45, 2.75) is 136 Å². The molecule has 6 aromatic carbocycles. The molecule has 11 heterocycles. The lowest BCUT2D eigenvalue weighted by Gasteiger charge is -2.40. The number of piperidine rings is 4. The number of fused-ring (bicyclic) bond motifs is 4. The summed E-state index contributed by atoms with van der Waals surface area (Å²) in [7, 11) is 7.81. The number of amides is 4. The summed E-state index contributed by atoms with van der Waals surface area (Å²) in [5, 5.41) is 28.1. The molecule has 4 amide bonds. The minimum Gasteiger partial charge on any atom is -0.381 e. The number of ketones is 1. The Morgan fingerprint density at radius 3 is 1.17 bits per heavy atom. The van der Waals surface area contributed by atoms with E-state index in [9.17, 15) is 34.5 Å². The van der Waals surface area contributed by atoms with E-state index in [0.717, 1.165) is 199 Å². The molecule has 678 valence electrons. The molecule has 1 spiro atoms. The maximum Gasteiger partial charge on any atom is 0.256 e. The molecule has 6 aliphatic rings. The van der Waals surface area contributed by atoms with E-state index < -0.39 is 0 Å². The summed E-state index contributed by atoms with van der Waals surface area (Å²) in [5.41, 5.74) is 15.7. The zero-order valence-corrected chi connectivity index (χ0v) is 82.3. The van der Waals surface area contributed by atoms with Gasteiger partial charge in [-0.25, -0.2) is 9.97 Å². The Bertz CT molecular complexity index is 6540. The zero-order valence-electron chi connectivity index (χ0n) is 73.3. The van der Waals surface area contributed by atoms with E-state index >= 15 is 0 Å². The summed E-state index contributed by atoms with van der Waals surface area (Å²) in [6.45, 7) is 12.9. The quantitative estimate of drug-likeness (QED) is 0.0889. The van der Waals surface area contributed by atoms with Crippen molar-refractivity contribution < 1.29 is 28.7 Å². The molecule has 12 aromatic rings. The molecule has 0 radical (unpaired) electrons. The van der Waals surface area contributed by atoms with E-state index in [0.29, 0.717) is 175 Å². The SMILES string of the molecule is CC(=O)CC1CCN(C(=O)c2ccc(Cl)c(Cc3cc4c(Cl)cc(Cl)cc4n3C)c2Cl)CC1.Cc1cc(C#N)cc2c1cc(Cc1c(Cl)ncc(C(=O)N3CCC(C4CCC4)CC3)c1Cl)n2C.Cc1cc(C#N)cc2c1cc(Cc1c(Cl)ncc(C(=O)N3CCC4(CCOC4)CC3)c1Cl)n2C.Cn1c(Cc2c(Cl)ccc(C(=O)N3CCCCC3)c2Cl)cc2c(Cl)cc(Cl)cc21. The summed E-state index contributed by atoms with van der Waals surface area (Å²) in [6, 6.07) is 34.3. The number of aromatic nitrogens is 6. The Balaban J connectivity index is 0.000000133. The molecule has 18 rings (SSSR count). The number of halogens is 12. The number of Topliss-reactive ketones (excluding diaryl/α,β-unsaturated/α-hetero) is 1. The van der Waals surface area contributed by atoms with Gasteiger partial charge in [-0.3, -0.25) is 19.2 Å². The van der Waals surface area contributed by atoms with Gasteiger partial charge in [0.1, 0.15) is 16.1 Å². The number of pyridine rings is 2. The van der Waals surface area contributed by atoms with Crippen LogP contribution < -0.4 is 0 Å². The lowest BCUT2D eigenvalue weighted by molar-refractivity contribution is -0.118. The highest BCUT2D eigenvalue weighted by atomic mass is 35.5. The minimum atomic E-state index is -0.105. The van der Waals surface area contributed by atoms with E-state index in [-0.39, 0.29) is 34.8 Å². The Hall–Kier alpha value is -8.25. The molecule has 18 nitrogen and oxygen atoms in total. The average Bonchev–Trinajstić information content (AvgIpc) is 1.62.